The van der Waals surface area contributed by atoms with E-state index in [1.54, 1.807) is 11.8 Å². The number of ether oxygens (including phenoxy) is 1. The van der Waals surface area contributed by atoms with E-state index >= 15 is 0 Å². The van der Waals surface area contributed by atoms with Gasteiger partial charge in [-0.25, -0.2) is 4.79 Å². The zero-order valence-corrected chi connectivity index (χ0v) is 16.6. The largest absolute Gasteiger partial charge is 0.493 e. The third-order valence-corrected chi connectivity index (χ3v) is 5.71. The van der Waals surface area contributed by atoms with Crippen molar-refractivity contribution in [2.24, 2.45) is 5.73 Å². The average molecular weight is 393 g/mol. The Kier molecular flexibility index (Phi) is 6.84. The first kappa shape index (κ1) is 19.8. The molecule has 3 N–H and O–H groups in total. The van der Waals surface area contributed by atoms with Gasteiger partial charge in [0, 0.05) is 39.1 Å². The molecule has 3 rings (SSSR count). The van der Waals surface area contributed by atoms with Crippen LogP contribution >= 0.6 is 11.8 Å². The highest BCUT2D eigenvalue weighted by atomic mass is 32.2. The van der Waals surface area contributed by atoms with Crippen LogP contribution in [-0.4, -0.2) is 72.6 Å². The summed E-state index contributed by atoms with van der Waals surface area (Å²) in [6, 6.07) is 5.24. The van der Waals surface area contributed by atoms with Crippen LogP contribution in [-0.2, 0) is 17.8 Å². The number of nitrogens with one attached hydrogen (secondary N) is 1. The third-order valence-electron chi connectivity index (χ3n) is 5.07. The van der Waals surface area contributed by atoms with Crippen molar-refractivity contribution in [2.75, 3.05) is 44.8 Å². The van der Waals surface area contributed by atoms with Gasteiger partial charge in [-0.3, -0.25) is 9.69 Å². The number of urea groups is 1. The first-order valence-corrected chi connectivity index (χ1v) is 10.8. The molecule has 1 aromatic rings. The number of hydrogen-bond donors (Lipinski definition) is 2. The van der Waals surface area contributed by atoms with E-state index in [1.165, 1.54) is 11.1 Å². The normalized spacial score (nSPS) is 17.9. The molecule has 1 atom stereocenters. The second-order valence-electron chi connectivity index (χ2n) is 6.98. The molecule has 1 saturated heterocycles. The van der Waals surface area contributed by atoms with Crippen molar-refractivity contribution in [3.8, 4) is 5.75 Å². The summed E-state index contributed by atoms with van der Waals surface area (Å²) in [7, 11) is 0. The summed E-state index contributed by atoms with van der Waals surface area (Å²) in [5, 5.41) is 2.60. The maximum absolute atomic E-state index is 12.7. The van der Waals surface area contributed by atoms with Crippen LogP contribution in [0.15, 0.2) is 18.2 Å². The molecule has 148 valence electrons. The van der Waals surface area contributed by atoms with E-state index in [2.05, 4.69) is 28.4 Å². The Morgan fingerprint density at radius 3 is 2.78 bits per heavy atom. The lowest BCUT2D eigenvalue weighted by Crippen LogP contribution is -2.55. The number of nitrogens with zero attached hydrogens (tertiary/aromatic N) is 2. The predicted octanol–water partition coefficient (Wildman–Crippen LogP) is 1.06. The molecule has 3 amide bonds. The summed E-state index contributed by atoms with van der Waals surface area (Å²) in [5.74, 6) is 1.78. The van der Waals surface area contributed by atoms with Crippen LogP contribution in [0.2, 0.25) is 0 Å². The molecule has 1 unspecified atom stereocenters. The Bertz CT molecular complexity index is 677. The highest BCUT2D eigenvalue weighted by molar-refractivity contribution is 7.98. The molecule has 8 heteroatoms. The van der Waals surface area contributed by atoms with Crippen LogP contribution in [0.3, 0.4) is 0 Å². The summed E-state index contributed by atoms with van der Waals surface area (Å²) < 4.78 is 5.56. The lowest BCUT2D eigenvalue weighted by Gasteiger charge is -2.36. The Labute approximate surface area is 164 Å². The van der Waals surface area contributed by atoms with Gasteiger partial charge in [-0.2, -0.15) is 11.8 Å². The maximum Gasteiger partial charge on any atom is 0.312 e. The molecule has 0 saturated carbocycles. The van der Waals surface area contributed by atoms with Gasteiger partial charge in [0.1, 0.15) is 11.8 Å². The summed E-state index contributed by atoms with van der Waals surface area (Å²) in [5.41, 5.74) is 7.81. The number of carbonyl (C=O) groups excluding carboxylic acids is 2. The maximum atomic E-state index is 12.7. The van der Waals surface area contributed by atoms with Crippen LogP contribution < -0.4 is 15.8 Å². The Morgan fingerprint density at radius 1 is 1.30 bits per heavy atom. The van der Waals surface area contributed by atoms with E-state index in [0.717, 1.165) is 44.2 Å². The van der Waals surface area contributed by atoms with Gasteiger partial charge in [-0.1, -0.05) is 12.1 Å². The van der Waals surface area contributed by atoms with E-state index < -0.39 is 12.1 Å². The number of rotatable bonds is 7. The molecule has 2 heterocycles. The average Bonchev–Trinajstić information content (AvgIpc) is 3.13. The zero-order chi connectivity index (χ0) is 19.2. The standard InChI is InChI=1S/C19H28N4O3S/c1-27-11-5-16(21-19(20)25)18(24)23-8-6-22(7-9-23)13-14-2-3-17-15(12-14)4-10-26-17/h2-3,12,16H,4-11,13H2,1H3,(H3,20,21,25). The van der Waals surface area contributed by atoms with Gasteiger partial charge in [0.2, 0.25) is 5.91 Å². The summed E-state index contributed by atoms with van der Waals surface area (Å²) in [6.45, 7) is 4.64. The molecule has 7 nitrogen and oxygen atoms in total. The first-order chi connectivity index (χ1) is 13.1. The Balaban J connectivity index is 1.51. The molecule has 0 bridgehead atoms. The molecule has 1 fully saturated rings. The second-order valence-corrected chi connectivity index (χ2v) is 7.97. The lowest BCUT2D eigenvalue weighted by atomic mass is 10.1. The van der Waals surface area contributed by atoms with Crippen LogP contribution in [0.5, 0.6) is 5.75 Å². The minimum Gasteiger partial charge on any atom is -0.493 e. The summed E-state index contributed by atoms with van der Waals surface area (Å²) in [6.07, 6.45) is 3.56. The topological polar surface area (TPSA) is 87.9 Å². The fourth-order valence-corrected chi connectivity index (χ4v) is 4.08. The summed E-state index contributed by atoms with van der Waals surface area (Å²) in [4.78, 5) is 28.2. The van der Waals surface area contributed by atoms with Gasteiger partial charge in [-0.15, -0.1) is 0 Å². The van der Waals surface area contributed by atoms with Crippen LogP contribution in [0, 0.1) is 0 Å². The monoisotopic (exact) mass is 392 g/mol. The van der Waals surface area contributed by atoms with Gasteiger partial charge < -0.3 is 20.7 Å². The number of piperazine rings is 1. The van der Waals surface area contributed by atoms with Crippen molar-refractivity contribution in [1.82, 2.24) is 15.1 Å². The molecule has 2 aliphatic rings. The number of carbonyl (C=O) groups is 2. The molecule has 0 aromatic heterocycles. The zero-order valence-electron chi connectivity index (χ0n) is 15.8. The number of hydrogen-bond acceptors (Lipinski definition) is 5. The Hall–Kier alpha value is -1.93. The number of primary amides is 1. The van der Waals surface area contributed by atoms with Crippen molar-refractivity contribution in [1.29, 1.82) is 0 Å². The lowest BCUT2D eigenvalue weighted by molar-refractivity contribution is -0.135. The van der Waals surface area contributed by atoms with Crippen molar-refractivity contribution < 1.29 is 14.3 Å². The Morgan fingerprint density at radius 2 is 2.07 bits per heavy atom. The van der Waals surface area contributed by atoms with E-state index in [4.69, 9.17) is 10.5 Å². The molecular weight excluding hydrogens is 364 g/mol. The quantitative estimate of drug-likeness (QED) is 0.724. The van der Waals surface area contributed by atoms with E-state index in [0.29, 0.717) is 19.5 Å². The van der Waals surface area contributed by atoms with Crippen molar-refractivity contribution >= 4 is 23.7 Å². The molecule has 0 aliphatic carbocycles. The van der Waals surface area contributed by atoms with Gasteiger partial charge in [0.25, 0.3) is 0 Å². The van der Waals surface area contributed by atoms with E-state index in [-0.39, 0.29) is 5.91 Å². The second kappa shape index (κ2) is 9.32. The SMILES string of the molecule is CSCCC(NC(N)=O)C(=O)N1CCN(Cc2ccc3c(c2)CCO3)CC1. The van der Waals surface area contributed by atoms with E-state index in [1.807, 2.05) is 11.2 Å². The minimum atomic E-state index is -0.645. The molecule has 1 aromatic carbocycles. The van der Waals surface area contributed by atoms with Gasteiger partial charge in [-0.05, 0) is 35.6 Å². The van der Waals surface area contributed by atoms with Crippen molar-refractivity contribution in [3.63, 3.8) is 0 Å². The number of benzene rings is 1. The van der Waals surface area contributed by atoms with Gasteiger partial charge in [0.05, 0.1) is 6.61 Å². The molecule has 0 radical (unpaired) electrons. The first-order valence-electron chi connectivity index (χ1n) is 9.37. The number of nitrogens with two attached hydrogens (primary N) is 1. The highest BCUT2D eigenvalue weighted by Gasteiger charge is 2.28. The third kappa shape index (κ3) is 5.29. The molecule has 2 aliphatic heterocycles. The molecule has 27 heavy (non-hydrogen) atoms. The molecule has 0 spiro atoms. The smallest absolute Gasteiger partial charge is 0.312 e. The van der Waals surface area contributed by atoms with Crippen LogP contribution in [0.1, 0.15) is 17.5 Å². The fourth-order valence-electron chi connectivity index (χ4n) is 3.61. The van der Waals surface area contributed by atoms with Crippen molar-refractivity contribution in [2.45, 2.75) is 25.4 Å². The van der Waals surface area contributed by atoms with Crippen molar-refractivity contribution in [3.05, 3.63) is 29.3 Å². The van der Waals surface area contributed by atoms with Gasteiger partial charge >= 0.3 is 6.03 Å². The number of amides is 3. The highest BCUT2D eigenvalue weighted by Crippen LogP contribution is 2.26. The number of fused-ring (bicyclic) bond motifs is 1. The van der Waals surface area contributed by atoms with Gasteiger partial charge in [0.15, 0.2) is 0 Å². The van der Waals surface area contributed by atoms with E-state index in [9.17, 15) is 9.59 Å². The number of thioether (sulfide) groups is 1. The fraction of sp³-hybridized carbons (Fsp3) is 0.579. The predicted molar refractivity (Wildman–Crippen MR) is 107 cm³/mol. The molecular formula is C19H28N4O3S. The van der Waals surface area contributed by atoms with Crippen LogP contribution in [0.4, 0.5) is 4.79 Å². The minimum absolute atomic E-state index is 0.0304. The van der Waals surface area contributed by atoms with Crippen LogP contribution in [0.25, 0.3) is 0 Å². The summed E-state index contributed by atoms with van der Waals surface area (Å²) >= 11 is 1.65.